The van der Waals surface area contributed by atoms with E-state index in [1.54, 1.807) is 13.2 Å². The fourth-order valence-electron chi connectivity index (χ4n) is 3.35. The molecule has 1 saturated heterocycles. The van der Waals surface area contributed by atoms with Crippen molar-refractivity contribution in [3.63, 3.8) is 0 Å². The molecule has 0 saturated carbocycles. The van der Waals surface area contributed by atoms with E-state index in [9.17, 15) is 9.59 Å². The number of carbonyl (C=O) groups is 2. The summed E-state index contributed by atoms with van der Waals surface area (Å²) in [6.07, 6.45) is 5.62. The Labute approximate surface area is 179 Å². The number of benzene rings is 2. The van der Waals surface area contributed by atoms with Crippen molar-refractivity contribution in [3.05, 3.63) is 64.6 Å². The summed E-state index contributed by atoms with van der Waals surface area (Å²) in [6.45, 7) is 1.37. The van der Waals surface area contributed by atoms with E-state index in [0.29, 0.717) is 25.4 Å². The van der Waals surface area contributed by atoms with Crippen LogP contribution in [0, 0.1) is 5.92 Å². The molecular formula is C23H25BrN2O3. The minimum atomic E-state index is 0.00933. The lowest BCUT2D eigenvalue weighted by molar-refractivity contribution is -0.127. The van der Waals surface area contributed by atoms with Crippen LogP contribution in [0.5, 0.6) is 5.75 Å². The van der Waals surface area contributed by atoms with E-state index >= 15 is 0 Å². The Morgan fingerprint density at radius 2 is 1.76 bits per heavy atom. The topological polar surface area (TPSA) is 58.6 Å². The molecule has 1 heterocycles. The third-order valence-electron chi connectivity index (χ3n) is 5.06. The van der Waals surface area contributed by atoms with Gasteiger partial charge in [0.1, 0.15) is 5.75 Å². The van der Waals surface area contributed by atoms with E-state index in [1.165, 1.54) is 0 Å². The van der Waals surface area contributed by atoms with Gasteiger partial charge in [0.2, 0.25) is 11.8 Å². The van der Waals surface area contributed by atoms with Gasteiger partial charge in [0.05, 0.1) is 7.11 Å². The van der Waals surface area contributed by atoms with Gasteiger partial charge in [-0.3, -0.25) is 9.59 Å². The number of likely N-dealkylation sites (tertiary alicyclic amines) is 1. The van der Waals surface area contributed by atoms with Crippen molar-refractivity contribution in [2.24, 2.45) is 5.92 Å². The third kappa shape index (κ3) is 6.46. The molecule has 1 fully saturated rings. The van der Waals surface area contributed by atoms with Crippen molar-refractivity contribution in [2.45, 2.75) is 19.3 Å². The Kier molecular flexibility index (Phi) is 7.47. The Hall–Kier alpha value is -2.60. The second-order valence-electron chi connectivity index (χ2n) is 7.13. The highest BCUT2D eigenvalue weighted by molar-refractivity contribution is 9.10. The molecule has 6 heteroatoms. The second-order valence-corrected chi connectivity index (χ2v) is 8.05. The lowest BCUT2D eigenvalue weighted by atomic mass is 9.93. The summed E-state index contributed by atoms with van der Waals surface area (Å²) in [5, 5.41) is 2.93. The molecule has 0 spiro atoms. The summed E-state index contributed by atoms with van der Waals surface area (Å²) in [4.78, 5) is 26.6. The molecule has 0 atom stereocenters. The van der Waals surface area contributed by atoms with E-state index in [1.807, 2.05) is 59.5 Å². The van der Waals surface area contributed by atoms with Crippen LogP contribution in [0.4, 0.5) is 5.69 Å². The third-order valence-corrected chi connectivity index (χ3v) is 5.59. The Morgan fingerprint density at radius 1 is 1.10 bits per heavy atom. The standard InChI is InChI=1S/C23H25BrN2O3/c1-29-21-9-7-20(8-10-21)25-22(27)16-18-12-14-26(15-13-18)23(28)11-4-17-2-5-19(24)6-3-17/h2-11,18H,12-16H2,1H3,(H,25,27)/b11-4+. The molecule has 152 valence electrons. The number of carbonyl (C=O) groups excluding carboxylic acids is 2. The van der Waals surface area contributed by atoms with E-state index in [0.717, 1.165) is 34.3 Å². The smallest absolute Gasteiger partial charge is 0.246 e. The molecule has 0 bridgehead atoms. The quantitative estimate of drug-likeness (QED) is 0.638. The second kappa shape index (κ2) is 10.3. The van der Waals surface area contributed by atoms with Gasteiger partial charge < -0.3 is 15.0 Å². The number of nitrogens with one attached hydrogen (secondary N) is 1. The van der Waals surface area contributed by atoms with Crippen molar-refractivity contribution in [3.8, 4) is 5.75 Å². The summed E-state index contributed by atoms with van der Waals surface area (Å²) < 4.78 is 6.13. The normalized spacial score (nSPS) is 14.8. The largest absolute Gasteiger partial charge is 0.497 e. The highest BCUT2D eigenvalue weighted by Gasteiger charge is 2.23. The molecule has 0 aliphatic carbocycles. The molecule has 2 amide bonds. The molecule has 29 heavy (non-hydrogen) atoms. The summed E-state index contributed by atoms with van der Waals surface area (Å²) in [7, 11) is 1.61. The number of halogens is 1. The maximum absolute atomic E-state index is 12.4. The number of nitrogens with zero attached hydrogens (tertiary/aromatic N) is 1. The number of anilines is 1. The van der Waals surface area contributed by atoms with Gasteiger partial charge in [-0.15, -0.1) is 0 Å². The first-order chi connectivity index (χ1) is 14.0. The predicted octanol–water partition coefficient (Wildman–Crippen LogP) is 4.74. The number of hydrogen-bond acceptors (Lipinski definition) is 3. The average molecular weight is 457 g/mol. The van der Waals surface area contributed by atoms with E-state index in [2.05, 4.69) is 21.2 Å². The molecular weight excluding hydrogens is 432 g/mol. The molecule has 2 aromatic carbocycles. The number of ether oxygens (including phenoxy) is 1. The first-order valence-corrected chi connectivity index (χ1v) is 10.5. The molecule has 5 nitrogen and oxygen atoms in total. The van der Waals surface area contributed by atoms with Crippen molar-refractivity contribution in [1.29, 1.82) is 0 Å². The highest BCUT2D eigenvalue weighted by Crippen LogP contribution is 2.22. The van der Waals surface area contributed by atoms with Crippen LogP contribution in [-0.2, 0) is 9.59 Å². The SMILES string of the molecule is COc1ccc(NC(=O)CC2CCN(C(=O)/C=C/c3ccc(Br)cc3)CC2)cc1. The van der Waals surface area contributed by atoms with Crippen LogP contribution < -0.4 is 10.1 Å². The molecule has 3 rings (SSSR count). The molecule has 0 unspecified atom stereocenters. The maximum atomic E-state index is 12.4. The summed E-state index contributed by atoms with van der Waals surface area (Å²) in [6, 6.07) is 15.1. The number of hydrogen-bond donors (Lipinski definition) is 1. The Morgan fingerprint density at radius 3 is 2.38 bits per heavy atom. The van der Waals surface area contributed by atoms with Crippen LogP contribution >= 0.6 is 15.9 Å². The first-order valence-electron chi connectivity index (χ1n) is 9.70. The van der Waals surface area contributed by atoms with Gasteiger partial charge in [-0.1, -0.05) is 28.1 Å². The first kappa shape index (κ1) is 21.1. The fourth-order valence-corrected chi connectivity index (χ4v) is 3.62. The van der Waals surface area contributed by atoms with Crippen molar-refractivity contribution in [1.82, 2.24) is 4.90 Å². The van der Waals surface area contributed by atoms with E-state index < -0.39 is 0 Å². The number of methoxy groups -OCH3 is 1. The van der Waals surface area contributed by atoms with E-state index in [-0.39, 0.29) is 11.8 Å². The fraction of sp³-hybridized carbons (Fsp3) is 0.304. The number of piperidine rings is 1. The van der Waals surface area contributed by atoms with Crippen LogP contribution in [0.3, 0.4) is 0 Å². The highest BCUT2D eigenvalue weighted by atomic mass is 79.9. The van der Waals surface area contributed by atoms with Crippen molar-refractivity contribution >= 4 is 39.5 Å². The van der Waals surface area contributed by atoms with Gasteiger partial charge in [0.25, 0.3) is 0 Å². The number of rotatable bonds is 6. The van der Waals surface area contributed by atoms with Gasteiger partial charge in [-0.05, 0) is 66.8 Å². The molecule has 1 aliphatic rings. The minimum Gasteiger partial charge on any atom is -0.497 e. The summed E-state index contributed by atoms with van der Waals surface area (Å²) >= 11 is 3.40. The zero-order chi connectivity index (χ0) is 20.6. The Balaban J connectivity index is 1.42. The molecule has 2 aromatic rings. The zero-order valence-electron chi connectivity index (χ0n) is 16.4. The minimum absolute atomic E-state index is 0.00933. The van der Waals surface area contributed by atoms with Gasteiger partial charge in [0.15, 0.2) is 0 Å². The van der Waals surface area contributed by atoms with Crippen LogP contribution in [0.15, 0.2) is 59.1 Å². The Bertz CT molecular complexity index is 855. The van der Waals surface area contributed by atoms with Gasteiger partial charge in [-0.2, -0.15) is 0 Å². The summed E-state index contributed by atoms with van der Waals surface area (Å²) in [5.41, 5.74) is 1.76. The lowest BCUT2D eigenvalue weighted by Crippen LogP contribution is -2.38. The molecule has 1 aliphatic heterocycles. The zero-order valence-corrected chi connectivity index (χ0v) is 18.0. The molecule has 1 N–H and O–H groups in total. The average Bonchev–Trinajstić information content (AvgIpc) is 2.74. The van der Waals surface area contributed by atoms with Gasteiger partial charge in [-0.25, -0.2) is 0 Å². The lowest BCUT2D eigenvalue weighted by Gasteiger charge is -2.31. The monoisotopic (exact) mass is 456 g/mol. The van der Waals surface area contributed by atoms with E-state index in [4.69, 9.17) is 4.74 Å². The molecule has 0 radical (unpaired) electrons. The van der Waals surface area contributed by atoms with Crippen LogP contribution in [0.25, 0.3) is 6.08 Å². The van der Waals surface area contributed by atoms with Crippen molar-refractivity contribution in [2.75, 3.05) is 25.5 Å². The van der Waals surface area contributed by atoms with Gasteiger partial charge in [0, 0.05) is 35.7 Å². The molecule has 0 aromatic heterocycles. The maximum Gasteiger partial charge on any atom is 0.246 e. The van der Waals surface area contributed by atoms with Crippen LogP contribution in [0.1, 0.15) is 24.8 Å². The summed E-state index contributed by atoms with van der Waals surface area (Å²) in [5.74, 6) is 1.09. The van der Waals surface area contributed by atoms with Gasteiger partial charge >= 0.3 is 0 Å². The van der Waals surface area contributed by atoms with Crippen LogP contribution in [0.2, 0.25) is 0 Å². The number of amides is 2. The van der Waals surface area contributed by atoms with Crippen LogP contribution in [-0.4, -0.2) is 36.9 Å². The predicted molar refractivity (Wildman–Crippen MR) is 119 cm³/mol. The van der Waals surface area contributed by atoms with Crippen molar-refractivity contribution < 1.29 is 14.3 Å².